The van der Waals surface area contributed by atoms with Crippen LogP contribution in [-0.2, 0) is 5.60 Å². The molecule has 1 fully saturated rings. The van der Waals surface area contributed by atoms with Crippen molar-refractivity contribution in [2.24, 2.45) is 5.92 Å². The highest BCUT2D eigenvalue weighted by atomic mass is 19.1. The fourth-order valence-electron chi connectivity index (χ4n) is 1.68. The third-order valence-corrected chi connectivity index (χ3v) is 2.78. The third-order valence-electron chi connectivity index (χ3n) is 2.78. The zero-order valence-electron chi connectivity index (χ0n) is 7.63. The van der Waals surface area contributed by atoms with Crippen LogP contribution < -0.4 is 0 Å². The Balaban J connectivity index is 2.33. The summed E-state index contributed by atoms with van der Waals surface area (Å²) in [6, 6.07) is 6.23. The average molecular weight is 180 g/mol. The van der Waals surface area contributed by atoms with Crippen molar-refractivity contribution in [1.29, 1.82) is 0 Å². The highest BCUT2D eigenvalue weighted by Crippen LogP contribution is 2.45. The van der Waals surface area contributed by atoms with Crippen molar-refractivity contribution in [2.45, 2.75) is 25.4 Å². The predicted molar refractivity (Wildman–Crippen MR) is 48.7 cm³/mol. The molecule has 0 heterocycles. The standard InChI is InChI=1S/C11H13FO/c1-11(13,8-5-6-8)9-3-2-4-10(12)7-9/h2-4,7-8,13H,5-6H2,1H3. The number of rotatable bonds is 2. The minimum Gasteiger partial charge on any atom is -0.385 e. The van der Waals surface area contributed by atoms with Gasteiger partial charge in [0, 0.05) is 0 Å². The van der Waals surface area contributed by atoms with Gasteiger partial charge in [0.2, 0.25) is 0 Å². The number of halogens is 1. The summed E-state index contributed by atoms with van der Waals surface area (Å²) in [5.41, 5.74) is -0.155. The molecular formula is C11H13FO. The lowest BCUT2D eigenvalue weighted by atomic mass is 9.91. The van der Waals surface area contributed by atoms with Gasteiger partial charge in [0.1, 0.15) is 5.82 Å². The Morgan fingerprint density at radius 1 is 1.46 bits per heavy atom. The molecule has 1 saturated carbocycles. The first kappa shape index (κ1) is 8.70. The Morgan fingerprint density at radius 3 is 2.69 bits per heavy atom. The second kappa shape index (κ2) is 2.81. The minimum absolute atomic E-state index is 0.279. The molecule has 1 aromatic carbocycles. The molecule has 0 bridgehead atoms. The fourth-order valence-corrected chi connectivity index (χ4v) is 1.68. The SMILES string of the molecule is CC(O)(c1cccc(F)c1)C1CC1. The van der Waals surface area contributed by atoms with Crippen molar-refractivity contribution in [1.82, 2.24) is 0 Å². The summed E-state index contributed by atoms with van der Waals surface area (Å²) in [4.78, 5) is 0. The van der Waals surface area contributed by atoms with Gasteiger partial charge in [-0.3, -0.25) is 0 Å². The molecule has 1 nitrogen and oxygen atoms in total. The lowest BCUT2D eigenvalue weighted by Gasteiger charge is -2.23. The molecule has 1 aliphatic rings. The number of hydrogen-bond acceptors (Lipinski definition) is 1. The van der Waals surface area contributed by atoms with Crippen LogP contribution in [-0.4, -0.2) is 5.11 Å². The van der Waals surface area contributed by atoms with E-state index in [1.165, 1.54) is 12.1 Å². The van der Waals surface area contributed by atoms with E-state index >= 15 is 0 Å². The maximum Gasteiger partial charge on any atom is 0.123 e. The molecule has 1 aromatic rings. The van der Waals surface area contributed by atoms with Gasteiger partial charge in [-0.05, 0) is 43.4 Å². The van der Waals surface area contributed by atoms with Gasteiger partial charge in [0.05, 0.1) is 5.60 Å². The van der Waals surface area contributed by atoms with Crippen LogP contribution in [0.1, 0.15) is 25.3 Å². The predicted octanol–water partition coefficient (Wildman–Crippen LogP) is 2.44. The van der Waals surface area contributed by atoms with Crippen molar-refractivity contribution in [2.75, 3.05) is 0 Å². The van der Waals surface area contributed by atoms with Gasteiger partial charge < -0.3 is 5.11 Å². The first-order valence-corrected chi connectivity index (χ1v) is 4.59. The Kier molecular flexibility index (Phi) is 1.88. The molecule has 0 saturated heterocycles. The van der Waals surface area contributed by atoms with Gasteiger partial charge in [-0.15, -0.1) is 0 Å². The first-order chi connectivity index (χ1) is 6.10. The normalized spacial score (nSPS) is 21.2. The van der Waals surface area contributed by atoms with Crippen LogP contribution in [0.15, 0.2) is 24.3 Å². The van der Waals surface area contributed by atoms with Gasteiger partial charge in [0.25, 0.3) is 0 Å². The molecule has 2 rings (SSSR count). The summed E-state index contributed by atoms with van der Waals surface area (Å²) in [5.74, 6) is 0.0349. The lowest BCUT2D eigenvalue weighted by molar-refractivity contribution is 0.0328. The maximum absolute atomic E-state index is 12.9. The quantitative estimate of drug-likeness (QED) is 0.741. The summed E-state index contributed by atoms with van der Waals surface area (Å²) < 4.78 is 12.9. The Hall–Kier alpha value is -0.890. The second-order valence-corrected chi connectivity index (χ2v) is 3.93. The second-order valence-electron chi connectivity index (χ2n) is 3.93. The molecule has 1 unspecified atom stereocenters. The van der Waals surface area contributed by atoms with Crippen LogP contribution in [0.3, 0.4) is 0 Å². The summed E-state index contributed by atoms with van der Waals surface area (Å²) in [6.07, 6.45) is 2.09. The highest BCUT2D eigenvalue weighted by molar-refractivity contribution is 5.24. The van der Waals surface area contributed by atoms with Crippen molar-refractivity contribution in [3.63, 3.8) is 0 Å². The zero-order valence-corrected chi connectivity index (χ0v) is 7.63. The zero-order chi connectivity index (χ0) is 9.47. The Morgan fingerprint density at radius 2 is 2.15 bits per heavy atom. The summed E-state index contributed by atoms with van der Waals surface area (Å²) in [6.45, 7) is 1.76. The van der Waals surface area contributed by atoms with E-state index in [-0.39, 0.29) is 5.82 Å². The Labute approximate surface area is 77.2 Å². The van der Waals surface area contributed by atoms with Crippen LogP contribution >= 0.6 is 0 Å². The molecule has 13 heavy (non-hydrogen) atoms. The highest BCUT2D eigenvalue weighted by Gasteiger charge is 2.41. The minimum atomic E-state index is -0.845. The summed E-state index contributed by atoms with van der Waals surface area (Å²) >= 11 is 0. The maximum atomic E-state index is 12.9. The van der Waals surface area contributed by atoms with Crippen molar-refractivity contribution in [3.05, 3.63) is 35.6 Å². The molecule has 1 aliphatic carbocycles. The molecule has 2 heteroatoms. The van der Waals surface area contributed by atoms with E-state index in [9.17, 15) is 9.50 Å². The van der Waals surface area contributed by atoms with E-state index in [1.807, 2.05) is 0 Å². The van der Waals surface area contributed by atoms with Crippen molar-refractivity contribution in [3.8, 4) is 0 Å². The monoisotopic (exact) mass is 180 g/mol. The molecule has 1 N–H and O–H groups in total. The molecule has 0 aliphatic heterocycles. The van der Waals surface area contributed by atoms with E-state index in [0.29, 0.717) is 11.5 Å². The molecule has 0 amide bonds. The smallest absolute Gasteiger partial charge is 0.123 e. The van der Waals surface area contributed by atoms with Crippen molar-refractivity contribution < 1.29 is 9.50 Å². The number of hydrogen-bond donors (Lipinski definition) is 1. The van der Waals surface area contributed by atoms with Gasteiger partial charge in [-0.2, -0.15) is 0 Å². The van der Waals surface area contributed by atoms with Crippen LogP contribution in [0.25, 0.3) is 0 Å². The van der Waals surface area contributed by atoms with E-state index in [0.717, 1.165) is 12.8 Å². The largest absolute Gasteiger partial charge is 0.385 e. The van der Waals surface area contributed by atoms with Crippen molar-refractivity contribution >= 4 is 0 Å². The first-order valence-electron chi connectivity index (χ1n) is 4.59. The topological polar surface area (TPSA) is 20.2 Å². The fraction of sp³-hybridized carbons (Fsp3) is 0.455. The molecule has 0 radical (unpaired) electrons. The molecule has 0 aromatic heterocycles. The van der Waals surface area contributed by atoms with E-state index in [4.69, 9.17) is 0 Å². The van der Waals surface area contributed by atoms with E-state index in [1.54, 1.807) is 19.1 Å². The Bertz CT molecular complexity index is 316. The van der Waals surface area contributed by atoms with E-state index < -0.39 is 5.60 Å². The van der Waals surface area contributed by atoms with Crippen LogP contribution in [0.5, 0.6) is 0 Å². The lowest BCUT2D eigenvalue weighted by Crippen LogP contribution is -2.23. The van der Waals surface area contributed by atoms with Crippen LogP contribution in [0.2, 0.25) is 0 Å². The van der Waals surface area contributed by atoms with Gasteiger partial charge >= 0.3 is 0 Å². The molecule has 1 atom stereocenters. The van der Waals surface area contributed by atoms with Gasteiger partial charge in [-0.1, -0.05) is 12.1 Å². The molecular weight excluding hydrogens is 167 g/mol. The average Bonchev–Trinajstić information content (AvgIpc) is 2.86. The van der Waals surface area contributed by atoms with Gasteiger partial charge in [-0.25, -0.2) is 4.39 Å². The molecule has 70 valence electrons. The van der Waals surface area contributed by atoms with Crippen LogP contribution in [0.4, 0.5) is 4.39 Å². The van der Waals surface area contributed by atoms with E-state index in [2.05, 4.69) is 0 Å². The summed E-state index contributed by atoms with van der Waals surface area (Å²) in [7, 11) is 0. The summed E-state index contributed by atoms with van der Waals surface area (Å²) in [5, 5.41) is 10.1. The van der Waals surface area contributed by atoms with Crippen LogP contribution in [0, 0.1) is 11.7 Å². The number of benzene rings is 1. The number of aliphatic hydroxyl groups is 1. The molecule has 0 spiro atoms. The van der Waals surface area contributed by atoms with Gasteiger partial charge in [0.15, 0.2) is 0 Å². The third kappa shape index (κ3) is 1.59.